The van der Waals surface area contributed by atoms with Crippen LogP contribution in [0.2, 0.25) is 0 Å². The number of sulfonamides is 1. The van der Waals surface area contributed by atoms with Gasteiger partial charge in [0.05, 0.1) is 12.0 Å². The van der Waals surface area contributed by atoms with Crippen molar-refractivity contribution >= 4 is 38.9 Å². The van der Waals surface area contributed by atoms with E-state index < -0.39 is 15.9 Å². The van der Waals surface area contributed by atoms with Gasteiger partial charge in [-0.1, -0.05) is 30.3 Å². The molecule has 1 amide bonds. The Bertz CT molecular complexity index is 1680. The van der Waals surface area contributed by atoms with Crippen molar-refractivity contribution in [2.45, 2.75) is 4.90 Å². The highest BCUT2D eigenvalue weighted by atomic mass is 32.2. The Morgan fingerprint density at radius 3 is 2.03 bits per heavy atom. The molecule has 9 heteroatoms. The molecule has 2 N–H and O–H groups in total. The molecular weight excluding hydrogens is 492 g/mol. The van der Waals surface area contributed by atoms with Crippen LogP contribution < -0.4 is 14.8 Å². The van der Waals surface area contributed by atoms with Gasteiger partial charge in [0.15, 0.2) is 11.6 Å². The molecule has 0 aromatic heterocycles. The number of hydrogen-bond donors (Lipinski definition) is 2. The number of methoxy groups -OCH3 is 1. The van der Waals surface area contributed by atoms with Gasteiger partial charge in [-0.05, 0) is 60.7 Å². The zero-order valence-corrected chi connectivity index (χ0v) is 20.3. The number of anilines is 2. The second kappa shape index (κ2) is 9.36. The van der Waals surface area contributed by atoms with Crippen LogP contribution in [0.1, 0.15) is 42.2 Å². The molecule has 4 aromatic rings. The van der Waals surface area contributed by atoms with Crippen LogP contribution in [0.4, 0.5) is 11.4 Å². The van der Waals surface area contributed by atoms with E-state index in [1.165, 1.54) is 61.7 Å². The van der Waals surface area contributed by atoms with Crippen LogP contribution >= 0.6 is 0 Å². The molecule has 0 spiro atoms. The Kier molecular flexibility index (Phi) is 6.06. The van der Waals surface area contributed by atoms with Crippen LogP contribution in [0.5, 0.6) is 5.75 Å². The number of nitrogens with one attached hydrogen (secondary N) is 2. The van der Waals surface area contributed by atoms with Gasteiger partial charge < -0.3 is 10.1 Å². The summed E-state index contributed by atoms with van der Waals surface area (Å²) in [7, 11) is -2.41. The SMILES string of the molecule is COc1ccc(S(=O)(=O)Nc2cccc(C(=O)Nc3ccc4c(c3)C(=O)c3ccccc3C4=O)c2)cc1. The largest absolute Gasteiger partial charge is 0.497 e. The molecule has 0 bridgehead atoms. The smallest absolute Gasteiger partial charge is 0.261 e. The summed E-state index contributed by atoms with van der Waals surface area (Å²) < 4.78 is 33.0. The zero-order chi connectivity index (χ0) is 26.2. The summed E-state index contributed by atoms with van der Waals surface area (Å²) in [6.07, 6.45) is 0. The van der Waals surface area contributed by atoms with Crippen molar-refractivity contribution < 1.29 is 27.5 Å². The molecule has 37 heavy (non-hydrogen) atoms. The Morgan fingerprint density at radius 1 is 0.703 bits per heavy atom. The second-order valence-corrected chi connectivity index (χ2v) is 9.96. The number of benzene rings is 4. The van der Waals surface area contributed by atoms with Gasteiger partial charge in [0, 0.05) is 39.2 Å². The van der Waals surface area contributed by atoms with Crippen molar-refractivity contribution in [3.63, 3.8) is 0 Å². The Hall–Kier alpha value is -4.76. The number of ketones is 2. The average Bonchev–Trinajstić information content (AvgIpc) is 2.91. The van der Waals surface area contributed by atoms with Gasteiger partial charge in [-0.3, -0.25) is 19.1 Å². The van der Waals surface area contributed by atoms with E-state index in [0.717, 1.165) is 0 Å². The minimum absolute atomic E-state index is 0.0398. The average molecular weight is 513 g/mol. The van der Waals surface area contributed by atoms with E-state index in [1.54, 1.807) is 36.4 Å². The summed E-state index contributed by atoms with van der Waals surface area (Å²) >= 11 is 0. The summed E-state index contributed by atoms with van der Waals surface area (Å²) in [6, 6.07) is 23.1. The fraction of sp³-hybridized carbons (Fsp3) is 0.0357. The molecule has 0 saturated carbocycles. The summed E-state index contributed by atoms with van der Waals surface area (Å²) in [5.74, 6) is -0.536. The molecule has 8 nitrogen and oxygen atoms in total. The van der Waals surface area contributed by atoms with Crippen molar-refractivity contribution in [2.75, 3.05) is 17.1 Å². The fourth-order valence-corrected chi connectivity index (χ4v) is 5.12. The van der Waals surface area contributed by atoms with Crippen LogP contribution in [0, 0.1) is 0 Å². The Morgan fingerprint density at radius 2 is 1.35 bits per heavy atom. The number of carbonyl (C=O) groups is 3. The highest BCUT2D eigenvalue weighted by molar-refractivity contribution is 7.92. The standard InChI is InChI=1S/C28H20N2O6S/c1-36-20-10-12-21(13-11-20)37(34,35)30-19-6-4-5-17(15-19)28(33)29-18-9-14-24-25(16-18)27(32)23-8-3-2-7-22(23)26(24)31/h2-16,30H,1H3,(H,29,33). The molecular formula is C28H20N2O6S. The fourth-order valence-electron chi connectivity index (χ4n) is 4.07. The predicted octanol–water partition coefficient (Wildman–Crippen LogP) is 4.52. The van der Waals surface area contributed by atoms with Gasteiger partial charge in [0.1, 0.15) is 5.75 Å². The van der Waals surface area contributed by atoms with E-state index in [9.17, 15) is 22.8 Å². The lowest BCUT2D eigenvalue weighted by Crippen LogP contribution is -2.21. The number of ether oxygens (including phenoxy) is 1. The molecule has 0 saturated heterocycles. The first-order chi connectivity index (χ1) is 17.8. The van der Waals surface area contributed by atoms with Crippen LogP contribution in [0.15, 0.2) is 95.9 Å². The lowest BCUT2D eigenvalue weighted by atomic mass is 9.84. The van der Waals surface area contributed by atoms with Gasteiger partial charge in [0.25, 0.3) is 15.9 Å². The number of fused-ring (bicyclic) bond motifs is 2. The van der Waals surface area contributed by atoms with Crippen LogP contribution in [-0.4, -0.2) is 33.0 Å². The number of rotatable bonds is 6. The third-order valence-electron chi connectivity index (χ3n) is 5.93. The van der Waals surface area contributed by atoms with Gasteiger partial charge >= 0.3 is 0 Å². The van der Waals surface area contributed by atoms with Crippen LogP contribution in [0.3, 0.4) is 0 Å². The second-order valence-electron chi connectivity index (χ2n) is 8.28. The lowest BCUT2D eigenvalue weighted by Gasteiger charge is -2.18. The van der Waals surface area contributed by atoms with Gasteiger partial charge in [-0.15, -0.1) is 0 Å². The molecule has 0 atom stereocenters. The highest BCUT2D eigenvalue weighted by Gasteiger charge is 2.29. The molecule has 0 aliphatic heterocycles. The quantitative estimate of drug-likeness (QED) is 0.345. The topological polar surface area (TPSA) is 119 Å². The van der Waals surface area contributed by atoms with E-state index in [2.05, 4.69) is 10.0 Å². The molecule has 0 heterocycles. The van der Waals surface area contributed by atoms with E-state index in [1.807, 2.05) is 0 Å². The van der Waals surface area contributed by atoms with Crippen molar-refractivity contribution in [1.82, 2.24) is 0 Å². The Labute approximate surface area is 213 Å². The highest BCUT2D eigenvalue weighted by Crippen LogP contribution is 2.29. The molecule has 1 aliphatic carbocycles. The van der Waals surface area contributed by atoms with Crippen LogP contribution in [-0.2, 0) is 10.0 Å². The molecule has 1 aliphatic rings. The zero-order valence-electron chi connectivity index (χ0n) is 19.5. The predicted molar refractivity (Wildman–Crippen MR) is 138 cm³/mol. The molecule has 0 fully saturated rings. The maximum absolute atomic E-state index is 13.0. The van der Waals surface area contributed by atoms with E-state index >= 15 is 0 Å². The normalized spacial score (nSPS) is 12.4. The van der Waals surface area contributed by atoms with Crippen molar-refractivity contribution in [3.8, 4) is 5.75 Å². The molecule has 0 radical (unpaired) electrons. The lowest BCUT2D eigenvalue weighted by molar-refractivity contribution is 0.0979. The van der Waals surface area contributed by atoms with E-state index in [-0.39, 0.29) is 38.8 Å². The number of carbonyl (C=O) groups excluding carboxylic acids is 3. The third kappa shape index (κ3) is 4.60. The van der Waals surface area contributed by atoms with Crippen LogP contribution in [0.25, 0.3) is 0 Å². The maximum atomic E-state index is 13.0. The van der Waals surface area contributed by atoms with Gasteiger partial charge in [-0.25, -0.2) is 8.42 Å². The first kappa shape index (κ1) is 24.0. The summed E-state index contributed by atoms with van der Waals surface area (Å²) in [4.78, 5) is 38.7. The van der Waals surface area contributed by atoms with E-state index in [4.69, 9.17) is 4.74 Å². The first-order valence-corrected chi connectivity index (χ1v) is 12.7. The number of hydrogen-bond acceptors (Lipinski definition) is 6. The monoisotopic (exact) mass is 512 g/mol. The summed E-state index contributed by atoms with van der Waals surface area (Å²) in [5, 5.41) is 2.71. The minimum atomic E-state index is -3.89. The molecule has 5 rings (SSSR count). The first-order valence-electron chi connectivity index (χ1n) is 11.2. The van der Waals surface area contributed by atoms with Crippen molar-refractivity contribution in [1.29, 1.82) is 0 Å². The van der Waals surface area contributed by atoms with E-state index in [0.29, 0.717) is 22.6 Å². The summed E-state index contributed by atoms with van der Waals surface area (Å²) in [5.41, 5.74) is 1.88. The third-order valence-corrected chi connectivity index (χ3v) is 7.33. The minimum Gasteiger partial charge on any atom is -0.497 e. The molecule has 4 aromatic carbocycles. The Balaban J connectivity index is 1.35. The molecule has 184 valence electrons. The van der Waals surface area contributed by atoms with Crippen molar-refractivity contribution in [3.05, 3.63) is 119 Å². The van der Waals surface area contributed by atoms with Gasteiger partial charge in [-0.2, -0.15) is 0 Å². The maximum Gasteiger partial charge on any atom is 0.261 e. The molecule has 0 unspecified atom stereocenters. The van der Waals surface area contributed by atoms with Gasteiger partial charge in [0.2, 0.25) is 0 Å². The summed E-state index contributed by atoms with van der Waals surface area (Å²) in [6.45, 7) is 0. The van der Waals surface area contributed by atoms with Crippen molar-refractivity contribution in [2.24, 2.45) is 0 Å². The number of amides is 1.